The van der Waals surface area contributed by atoms with E-state index in [1.807, 2.05) is 4.90 Å². The van der Waals surface area contributed by atoms with Crippen LogP contribution >= 0.6 is 0 Å². The molecule has 3 heterocycles. The van der Waals surface area contributed by atoms with E-state index in [0.717, 1.165) is 25.8 Å². The number of carbonyl (C=O) groups excluding carboxylic acids is 2. The summed E-state index contributed by atoms with van der Waals surface area (Å²) in [6.07, 6.45) is 3.05. The van der Waals surface area contributed by atoms with E-state index >= 15 is 0 Å². The van der Waals surface area contributed by atoms with Crippen LogP contribution in [0.4, 0.5) is 17.5 Å². The number of hydrogen-bond donors (Lipinski definition) is 3. The number of aromatic amines is 1. The zero-order chi connectivity index (χ0) is 21.3. The first-order chi connectivity index (χ1) is 14.5. The minimum atomic E-state index is -0.927. The number of H-pyrrole nitrogens is 1. The summed E-state index contributed by atoms with van der Waals surface area (Å²) >= 11 is 0. The predicted octanol–water partition coefficient (Wildman–Crippen LogP) is 2.22. The van der Waals surface area contributed by atoms with Crippen molar-refractivity contribution in [2.45, 2.75) is 44.6 Å². The third-order valence-electron chi connectivity index (χ3n) is 5.67. The Kier molecular flexibility index (Phi) is 5.43. The molecule has 158 valence electrons. The number of amides is 2. The Morgan fingerprint density at radius 2 is 2.13 bits per heavy atom. The van der Waals surface area contributed by atoms with Crippen LogP contribution in [0, 0.1) is 0 Å². The van der Waals surface area contributed by atoms with E-state index in [2.05, 4.69) is 27.5 Å². The van der Waals surface area contributed by atoms with Crippen molar-refractivity contribution in [3.05, 3.63) is 40.2 Å². The van der Waals surface area contributed by atoms with Crippen LogP contribution in [0.3, 0.4) is 0 Å². The summed E-state index contributed by atoms with van der Waals surface area (Å²) in [5, 5.41) is 5.44. The first-order valence-corrected chi connectivity index (χ1v) is 10.1. The van der Waals surface area contributed by atoms with Gasteiger partial charge >= 0.3 is 0 Å². The van der Waals surface area contributed by atoms with E-state index in [4.69, 9.17) is 4.74 Å². The number of rotatable bonds is 4. The molecule has 2 aliphatic heterocycles. The van der Waals surface area contributed by atoms with E-state index < -0.39 is 17.4 Å². The molecule has 1 aromatic carbocycles. The second kappa shape index (κ2) is 8.17. The summed E-state index contributed by atoms with van der Waals surface area (Å²) in [4.78, 5) is 47.5. The Bertz CT molecular complexity index is 1030. The van der Waals surface area contributed by atoms with Crippen LogP contribution < -0.4 is 25.8 Å². The van der Waals surface area contributed by atoms with Gasteiger partial charge in [-0.3, -0.25) is 19.4 Å². The lowest BCUT2D eigenvalue weighted by molar-refractivity contribution is -0.123. The molecule has 1 saturated heterocycles. The molecule has 0 spiro atoms. The molecule has 0 aliphatic carbocycles. The number of hydrogen-bond acceptors (Lipinski definition) is 6. The van der Waals surface area contributed by atoms with Gasteiger partial charge in [0, 0.05) is 30.8 Å². The maximum absolute atomic E-state index is 12.9. The molecule has 0 unspecified atom stereocenters. The maximum Gasteiger partial charge on any atom is 0.258 e. The zero-order valence-electron chi connectivity index (χ0n) is 17.0. The average Bonchev–Trinajstić information content (AvgIpc) is 2.73. The summed E-state index contributed by atoms with van der Waals surface area (Å²) in [5.41, 5.74) is 0.303. The van der Waals surface area contributed by atoms with Crippen LogP contribution in [0.15, 0.2) is 29.1 Å². The van der Waals surface area contributed by atoms with Crippen LogP contribution in [-0.4, -0.2) is 41.5 Å². The highest BCUT2D eigenvalue weighted by Gasteiger charge is 2.35. The molecule has 0 saturated carbocycles. The molecular formula is C21H25N5O4. The van der Waals surface area contributed by atoms with Crippen molar-refractivity contribution in [2.24, 2.45) is 0 Å². The Labute approximate surface area is 173 Å². The van der Waals surface area contributed by atoms with Crippen LogP contribution in [0.1, 0.15) is 44.1 Å². The minimum absolute atomic E-state index is 0.118. The van der Waals surface area contributed by atoms with E-state index in [-0.39, 0.29) is 29.8 Å². The summed E-state index contributed by atoms with van der Waals surface area (Å²) in [7, 11) is 1.54. The normalized spacial score (nSPS) is 20.9. The van der Waals surface area contributed by atoms with Crippen LogP contribution in [0.25, 0.3) is 0 Å². The number of nitrogens with zero attached hydrogens (tertiary/aromatic N) is 2. The Morgan fingerprint density at radius 3 is 2.90 bits per heavy atom. The van der Waals surface area contributed by atoms with E-state index in [1.54, 1.807) is 24.3 Å². The second-order valence-electron chi connectivity index (χ2n) is 7.72. The molecule has 0 radical (unpaired) electrons. The van der Waals surface area contributed by atoms with Gasteiger partial charge in [-0.1, -0.05) is 6.07 Å². The van der Waals surface area contributed by atoms with E-state index in [0.29, 0.717) is 17.4 Å². The first-order valence-electron chi connectivity index (χ1n) is 10.1. The van der Waals surface area contributed by atoms with Gasteiger partial charge in [-0.15, -0.1) is 0 Å². The molecule has 3 N–H and O–H groups in total. The molecule has 2 amide bonds. The lowest BCUT2D eigenvalue weighted by Gasteiger charge is -2.34. The molecule has 30 heavy (non-hydrogen) atoms. The quantitative estimate of drug-likeness (QED) is 0.710. The molecule has 2 aromatic rings. The number of piperidine rings is 1. The molecule has 2 aliphatic rings. The number of carbonyl (C=O) groups is 2. The van der Waals surface area contributed by atoms with Crippen LogP contribution in [0.5, 0.6) is 5.75 Å². The molecule has 1 fully saturated rings. The molecule has 1 aromatic heterocycles. The zero-order valence-corrected chi connectivity index (χ0v) is 17.0. The Hall–Kier alpha value is -3.36. The molecule has 0 bridgehead atoms. The fourth-order valence-electron chi connectivity index (χ4n) is 4.06. The predicted molar refractivity (Wildman–Crippen MR) is 113 cm³/mol. The summed E-state index contributed by atoms with van der Waals surface area (Å²) < 4.78 is 5.17. The molecular weight excluding hydrogens is 386 g/mol. The van der Waals surface area contributed by atoms with Crippen molar-refractivity contribution in [1.82, 2.24) is 9.97 Å². The van der Waals surface area contributed by atoms with Gasteiger partial charge in [-0.2, -0.15) is 4.98 Å². The van der Waals surface area contributed by atoms with Crippen LogP contribution in [0.2, 0.25) is 0 Å². The van der Waals surface area contributed by atoms with Crippen molar-refractivity contribution in [1.29, 1.82) is 0 Å². The maximum atomic E-state index is 12.9. The van der Waals surface area contributed by atoms with Gasteiger partial charge in [0.15, 0.2) is 0 Å². The number of fused-ring (bicyclic) bond motifs is 1. The monoisotopic (exact) mass is 411 g/mol. The highest BCUT2D eigenvalue weighted by atomic mass is 16.5. The molecule has 4 rings (SSSR count). The fraction of sp³-hybridized carbons (Fsp3) is 0.429. The molecule has 9 heteroatoms. The van der Waals surface area contributed by atoms with Crippen molar-refractivity contribution < 1.29 is 14.3 Å². The van der Waals surface area contributed by atoms with Gasteiger partial charge in [0.1, 0.15) is 11.6 Å². The Morgan fingerprint density at radius 1 is 1.30 bits per heavy atom. The highest BCUT2D eigenvalue weighted by Crippen LogP contribution is 2.31. The summed E-state index contributed by atoms with van der Waals surface area (Å²) in [6.45, 7) is 2.87. The third kappa shape index (κ3) is 3.87. The largest absolute Gasteiger partial charge is 0.497 e. The number of nitrogens with one attached hydrogen (secondary N) is 3. The van der Waals surface area contributed by atoms with Crippen molar-refractivity contribution in [3.8, 4) is 5.75 Å². The van der Waals surface area contributed by atoms with E-state index in [9.17, 15) is 14.4 Å². The summed E-state index contributed by atoms with van der Waals surface area (Å²) in [6, 6.07) is 7.14. The van der Waals surface area contributed by atoms with Crippen molar-refractivity contribution in [3.63, 3.8) is 0 Å². The molecule has 2 atom stereocenters. The van der Waals surface area contributed by atoms with Gasteiger partial charge in [0.2, 0.25) is 17.8 Å². The minimum Gasteiger partial charge on any atom is -0.497 e. The van der Waals surface area contributed by atoms with Gasteiger partial charge in [0.05, 0.1) is 18.6 Å². The van der Waals surface area contributed by atoms with Crippen LogP contribution in [-0.2, 0) is 9.59 Å². The smallest absolute Gasteiger partial charge is 0.258 e. The number of methoxy groups -OCH3 is 1. The van der Waals surface area contributed by atoms with Gasteiger partial charge in [-0.05, 0) is 38.3 Å². The highest BCUT2D eigenvalue weighted by molar-refractivity contribution is 6.04. The number of aromatic nitrogens is 2. The van der Waals surface area contributed by atoms with Crippen molar-refractivity contribution >= 4 is 29.3 Å². The molecule has 9 nitrogen and oxygen atoms in total. The van der Waals surface area contributed by atoms with Crippen molar-refractivity contribution in [2.75, 3.05) is 29.2 Å². The SMILES string of the molecule is COc1cccc(NC(=O)[C@H]2CC(=O)Nc3nc(N4CCCC[C@@H]4C)[nH]c(=O)c32)c1. The van der Waals surface area contributed by atoms with Gasteiger partial charge < -0.3 is 20.3 Å². The number of anilines is 3. The number of ether oxygens (including phenoxy) is 1. The topological polar surface area (TPSA) is 116 Å². The third-order valence-corrected chi connectivity index (χ3v) is 5.67. The fourth-order valence-corrected chi connectivity index (χ4v) is 4.06. The lowest BCUT2D eigenvalue weighted by atomic mass is 9.92. The second-order valence-corrected chi connectivity index (χ2v) is 7.72. The average molecular weight is 411 g/mol. The Balaban J connectivity index is 1.65. The summed E-state index contributed by atoms with van der Waals surface area (Å²) in [5.74, 6) is -0.526. The standard InChI is InChI=1S/C21H25N5O4/c1-12-6-3-4-9-26(12)21-24-18-17(20(29)25-21)15(11-16(27)23-18)19(28)22-13-7-5-8-14(10-13)30-2/h5,7-8,10,12,15H,3-4,6,9,11H2,1-2H3,(H,22,28)(H2,23,24,25,27,29)/t12-,15-/m0/s1. The van der Waals surface area contributed by atoms with E-state index in [1.165, 1.54) is 7.11 Å². The van der Waals surface area contributed by atoms with Gasteiger partial charge in [-0.25, -0.2) is 0 Å². The first kappa shape index (κ1) is 19.9. The lowest BCUT2D eigenvalue weighted by Crippen LogP contribution is -2.41. The van der Waals surface area contributed by atoms with Gasteiger partial charge in [0.25, 0.3) is 5.56 Å². The number of benzene rings is 1.